The predicted molar refractivity (Wildman–Crippen MR) is 78.2 cm³/mol. The summed E-state index contributed by atoms with van der Waals surface area (Å²) < 4.78 is 13.1. The van der Waals surface area contributed by atoms with E-state index in [0.29, 0.717) is 18.0 Å². The van der Waals surface area contributed by atoms with Crippen molar-refractivity contribution in [1.82, 2.24) is 4.90 Å². The van der Waals surface area contributed by atoms with Crippen molar-refractivity contribution in [3.8, 4) is 0 Å². The normalized spacial score (nSPS) is 10.3. The molecule has 20 heavy (non-hydrogen) atoms. The molecule has 0 saturated carbocycles. The molecule has 0 fully saturated rings. The van der Waals surface area contributed by atoms with E-state index in [1.807, 2.05) is 12.1 Å². The Kier molecular flexibility index (Phi) is 4.74. The van der Waals surface area contributed by atoms with E-state index in [2.05, 4.69) is 0 Å². The molecule has 2 rings (SSSR count). The lowest BCUT2D eigenvalue weighted by Gasteiger charge is -2.17. The zero-order valence-electron chi connectivity index (χ0n) is 11.1. The predicted octanol–water partition coefficient (Wildman–Crippen LogP) is 3.84. The van der Waals surface area contributed by atoms with E-state index in [-0.39, 0.29) is 11.7 Å². The van der Waals surface area contributed by atoms with Crippen LogP contribution in [0, 0.1) is 5.82 Å². The Morgan fingerprint density at radius 3 is 2.45 bits per heavy atom. The molecule has 0 unspecified atom stereocenters. The molecule has 0 aliphatic carbocycles. The molecule has 0 atom stereocenters. The van der Waals surface area contributed by atoms with Crippen LogP contribution in [0.2, 0.25) is 0 Å². The molecule has 0 bridgehead atoms. The van der Waals surface area contributed by atoms with Crippen LogP contribution in [0.15, 0.2) is 48.5 Å². The number of halogens is 2. The maximum absolute atomic E-state index is 13.1. The number of amides is 1. The molecule has 0 spiro atoms. The number of hydrogen-bond acceptors (Lipinski definition) is 1. The van der Waals surface area contributed by atoms with Gasteiger partial charge in [-0.15, -0.1) is 11.6 Å². The van der Waals surface area contributed by atoms with Crippen LogP contribution in [0.25, 0.3) is 0 Å². The van der Waals surface area contributed by atoms with Crippen LogP contribution in [-0.2, 0) is 12.4 Å². The molecular formula is C16H15ClFNO. The van der Waals surface area contributed by atoms with Gasteiger partial charge in [0.2, 0.25) is 0 Å². The summed E-state index contributed by atoms with van der Waals surface area (Å²) in [6.07, 6.45) is 0. The molecule has 0 aliphatic heterocycles. The number of alkyl halides is 1. The standard InChI is InChI=1S/C16H15ClFNO/c1-19(11-13-3-2-4-15(18)9-13)16(20)14-7-5-12(10-17)6-8-14/h2-9H,10-11H2,1H3. The van der Waals surface area contributed by atoms with Crippen LogP contribution in [0.5, 0.6) is 0 Å². The first-order valence-electron chi connectivity index (χ1n) is 6.25. The first kappa shape index (κ1) is 14.5. The van der Waals surface area contributed by atoms with Crippen molar-refractivity contribution >= 4 is 17.5 Å². The number of nitrogens with zero attached hydrogens (tertiary/aromatic N) is 1. The molecule has 0 heterocycles. The van der Waals surface area contributed by atoms with Crippen LogP contribution < -0.4 is 0 Å². The summed E-state index contributed by atoms with van der Waals surface area (Å²) in [5, 5.41) is 0. The minimum absolute atomic E-state index is 0.101. The quantitative estimate of drug-likeness (QED) is 0.784. The van der Waals surface area contributed by atoms with Gasteiger partial charge in [0, 0.05) is 25.0 Å². The van der Waals surface area contributed by atoms with Crippen LogP contribution in [0.3, 0.4) is 0 Å². The lowest BCUT2D eigenvalue weighted by Crippen LogP contribution is -2.26. The van der Waals surface area contributed by atoms with E-state index in [4.69, 9.17) is 11.6 Å². The fourth-order valence-electron chi connectivity index (χ4n) is 1.94. The fourth-order valence-corrected chi connectivity index (χ4v) is 2.12. The van der Waals surface area contributed by atoms with Gasteiger partial charge in [0.1, 0.15) is 5.82 Å². The third-order valence-electron chi connectivity index (χ3n) is 3.01. The Hall–Kier alpha value is -1.87. The van der Waals surface area contributed by atoms with Gasteiger partial charge >= 0.3 is 0 Å². The van der Waals surface area contributed by atoms with Gasteiger partial charge in [-0.2, -0.15) is 0 Å². The average Bonchev–Trinajstić information content (AvgIpc) is 2.46. The van der Waals surface area contributed by atoms with Gasteiger partial charge < -0.3 is 4.90 Å². The molecular weight excluding hydrogens is 277 g/mol. The van der Waals surface area contributed by atoms with Crippen LogP contribution in [0.4, 0.5) is 4.39 Å². The molecule has 2 nitrogen and oxygen atoms in total. The largest absolute Gasteiger partial charge is 0.337 e. The van der Waals surface area contributed by atoms with Crippen molar-refractivity contribution in [3.63, 3.8) is 0 Å². The lowest BCUT2D eigenvalue weighted by atomic mass is 10.1. The van der Waals surface area contributed by atoms with Crippen molar-refractivity contribution in [3.05, 3.63) is 71.0 Å². The summed E-state index contributed by atoms with van der Waals surface area (Å²) in [5.41, 5.74) is 2.33. The van der Waals surface area contributed by atoms with Gasteiger partial charge in [-0.25, -0.2) is 4.39 Å². The summed E-state index contributed by atoms with van der Waals surface area (Å²) in [4.78, 5) is 13.8. The summed E-state index contributed by atoms with van der Waals surface area (Å²) in [6.45, 7) is 0.369. The maximum Gasteiger partial charge on any atom is 0.253 e. The van der Waals surface area contributed by atoms with E-state index in [0.717, 1.165) is 11.1 Å². The number of rotatable bonds is 4. The minimum Gasteiger partial charge on any atom is -0.337 e. The molecule has 0 aromatic heterocycles. The minimum atomic E-state index is -0.296. The Balaban J connectivity index is 2.07. The number of carbonyl (C=O) groups excluding carboxylic acids is 1. The van der Waals surface area contributed by atoms with Gasteiger partial charge in [0.25, 0.3) is 5.91 Å². The molecule has 4 heteroatoms. The van der Waals surface area contributed by atoms with Gasteiger partial charge in [-0.05, 0) is 35.4 Å². The molecule has 2 aromatic rings. The highest BCUT2D eigenvalue weighted by molar-refractivity contribution is 6.17. The highest BCUT2D eigenvalue weighted by atomic mass is 35.5. The van der Waals surface area contributed by atoms with Crippen molar-refractivity contribution in [2.24, 2.45) is 0 Å². The maximum atomic E-state index is 13.1. The highest BCUT2D eigenvalue weighted by Crippen LogP contribution is 2.12. The number of carbonyl (C=O) groups is 1. The Morgan fingerprint density at radius 1 is 1.15 bits per heavy atom. The smallest absolute Gasteiger partial charge is 0.253 e. The van der Waals surface area contributed by atoms with Crippen LogP contribution in [0.1, 0.15) is 21.5 Å². The van der Waals surface area contributed by atoms with E-state index < -0.39 is 0 Å². The van der Waals surface area contributed by atoms with Gasteiger partial charge in [0.05, 0.1) is 0 Å². The molecule has 2 aromatic carbocycles. The monoisotopic (exact) mass is 291 g/mol. The third kappa shape index (κ3) is 3.58. The first-order valence-corrected chi connectivity index (χ1v) is 6.78. The van der Waals surface area contributed by atoms with Crippen molar-refractivity contribution in [1.29, 1.82) is 0 Å². The third-order valence-corrected chi connectivity index (χ3v) is 3.32. The van der Waals surface area contributed by atoms with Gasteiger partial charge in [0.15, 0.2) is 0 Å². The second-order valence-corrected chi connectivity index (χ2v) is 4.89. The fraction of sp³-hybridized carbons (Fsp3) is 0.188. The summed E-state index contributed by atoms with van der Waals surface area (Å²) in [5.74, 6) is 0.0262. The Bertz CT molecular complexity index is 598. The Labute approximate surface area is 122 Å². The van der Waals surface area contributed by atoms with E-state index in [1.54, 1.807) is 36.2 Å². The topological polar surface area (TPSA) is 20.3 Å². The van der Waals surface area contributed by atoms with Crippen molar-refractivity contribution in [2.75, 3.05) is 7.05 Å². The van der Waals surface area contributed by atoms with Crippen molar-refractivity contribution in [2.45, 2.75) is 12.4 Å². The van der Waals surface area contributed by atoms with Crippen LogP contribution >= 0.6 is 11.6 Å². The van der Waals surface area contributed by atoms with Gasteiger partial charge in [-0.1, -0.05) is 24.3 Å². The van der Waals surface area contributed by atoms with E-state index in [1.165, 1.54) is 12.1 Å². The number of hydrogen-bond donors (Lipinski definition) is 0. The Morgan fingerprint density at radius 2 is 1.85 bits per heavy atom. The molecule has 0 saturated heterocycles. The number of benzene rings is 2. The second kappa shape index (κ2) is 6.53. The highest BCUT2D eigenvalue weighted by Gasteiger charge is 2.12. The van der Waals surface area contributed by atoms with Crippen LogP contribution in [-0.4, -0.2) is 17.9 Å². The zero-order chi connectivity index (χ0) is 14.5. The van der Waals surface area contributed by atoms with E-state index in [9.17, 15) is 9.18 Å². The molecule has 1 amide bonds. The summed E-state index contributed by atoms with van der Waals surface area (Å²) in [7, 11) is 1.70. The van der Waals surface area contributed by atoms with Crippen molar-refractivity contribution < 1.29 is 9.18 Å². The lowest BCUT2D eigenvalue weighted by molar-refractivity contribution is 0.0785. The SMILES string of the molecule is CN(Cc1cccc(F)c1)C(=O)c1ccc(CCl)cc1. The average molecular weight is 292 g/mol. The summed E-state index contributed by atoms with van der Waals surface area (Å²) in [6, 6.07) is 13.4. The van der Waals surface area contributed by atoms with Gasteiger partial charge in [-0.3, -0.25) is 4.79 Å². The van der Waals surface area contributed by atoms with E-state index >= 15 is 0 Å². The molecule has 104 valence electrons. The molecule has 0 aliphatic rings. The molecule has 0 radical (unpaired) electrons. The first-order chi connectivity index (χ1) is 9.60. The molecule has 0 N–H and O–H groups in total. The zero-order valence-corrected chi connectivity index (χ0v) is 11.9. The second-order valence-electron chi connectivity index (χ2n) is 4.62. The summed E-state index contributed by atoms with van der Waals surface area (Å²) >= 11 is 5.71.